The van der Waals surface area contributed by atoms with E-state index in [9.17, 15) is 18.0 Å². The highest BCUT2D eigenvalue weighted by molar-refractivity contribution is 7.94. The minimum atomic E-state index is -3.26. The first kappa shape index (κ1) is 19.7. The minimum absolute atomic E-state index is 0.160. The van der Waals surface area contributed by atoms with Gasteiger partial charge < -0.3 is 14.5 Å². The number of hydrogen-bond donors (Lipinski definition) is 1. The smallest absolute Gasteiger partial charge is 0.340 e. The maximum absolute atomic E-state index is 12.5. The molecular weight excluding hydrogens is 394 g/mol. The molecule has 2 aliphatic heterocycles. The molecule has 1 unspecified atom stereocenters. The molecule has 2 aromatic rings. The van der Waals surface area contributed by atoms with E-state index in [4.69, 9.17) is 9.15 Å². The Balaban J connectivity index is 1.63. The number of nitrogens with one attached hydrogen (secondary N) is 1. The molecule has 0 fully saturated rings. The van der Waals surface area contributed by atoms with Gasteiger partial charge in [0.25, 0.3) is 0 Å². The van der Waals surface area contributed by atoms with Gasteiger partial charge in [0.15, 0.2) is 9.84 Å². The van der Waals surface area contributed by atoms with Crippen LogP contribution >= 0.6 is 0 Å². The number of sulfone groups is 1. The van der Waals surface area contributed by atoms with Crippen LogP contribution in [0.1, 0.15) is 37.0 Å². The maximum atomic E-state index is 12.5. The third-order valence-electron chi connectivity index (χ3n) is 5.46. The molecule has 0 radical (unpaired) electrons. The molecule has 7 nitrogen and oxygen atoms in total. The molecule has 1 atom stereocenters. The molecule has 154 valence electrons. The van der Waals surface area contributed by atoms with Crippen LogP contribution in [0.5, 0.6) is 5.75 Å². The van der Waals surface area contributed by atoms with Crippen LogP contribution in [-0.2, 0) is 27.5 Å². The number of amides is 1. The number of carbonyl (C=O) groups excluding carboxylic acids is 1. The molecule has 29 heavy (non-hydrogen) atoms. The molecule has 1 aromatic heterocycles. The summed E-state index contributed by atoms with van der Waals surface area (Å²) in [5.41, 5.74) is 1.60. The molecule has 1 N–H and O–H groups in total. The predicted molar refractivity (Wildman–Crippen MR) is 109 cm³/mol. The van der Waals surface area contributed by atoms with Crippen molar-refractivity contribution in [3.63, 3.8) is 0 Å². The molecule has 0 spiro atoms. The number of rotatable bonds is 3. The second kappa shape index (κ2) is 6.73. The van der Waals surface area contributed by atoms with Gasteiger partial charge in [-0.05, 0) is 56.9 Å². The van der Waals surface area contributed by atoms with E-state index < -0.39 is 27.4 Å². The summed E-state index contributed by atoms with van der Waals surface area (Å²) in [6.45, 7) is 5.84. The SMILES string of the molecule is Cc1c(CC(=O)NC2C=CS(=O)(=O)C2)c(=O)oc2cc3c(cc12)CCC(C)(C)O3. The van der Waals surface area contributed by atoms with Gasteiger partial charge in [-0.25, -0.2) is 13.2 Å². The summed E-state index contributed by atoms with van der Waals surface area (Å²) in [6, 6.07) is 3.14. The Morgan fingerprint density at radius 2 is 2.07 bits per heavy atom. The maximum Gasteiger partial charge on any atom is 0.340 e. The lowest BCUT2D eigenvalue weighted by atomic mass is 9.92. The van der Waals surface area contributed by atoms with Crippen molar-refractivity contribution >= 4 is 26.7 Å². The van der Waals surface area contributed by atoms with Crippen molar-refractivity contribution in [2.75, 3.05) is 5.75 Å². The summed E-state index contributed by atoms with van der Waals surface area (Å²) >= 11 is 0. The summed E-state index contributed by atoms with van der Waals surface area (Å²) in [7, 11) is -3.26. The molecule has 3 heterocycles. The highest BCUT2D eigenvalue weighted by Crippen LogP contribution is 2.36. The summed E-state index contributed by atoms with van der Waals surface area (Å²) in [6.07, 6.45) is 3.01. The third kappa shape index (κ3) is 3.94. The minimum Gasteiger partial charge on any atom is -0.487 e. The second-order valence-electron chi connectivity index (χ2n) is 8.32. The number of benzene rings is 1. The van der Waals surface area contributed by atoms with E-state index >= 15 is 0 Å². The first-order valence-corrected chi connectivity index (χ1v) is 11.2. The Hall–Kier alpha value is -2.61. The van der Waals surface area contributed by atoms with Crippen molar-refractivity contribution in [3.8, 4) is 5.75 Å². The van der Waals surface area contributed by atoms with Gasteiger partial charge in [0.05, 0.1) is 23.8 Å². The van der Waals surface area contributed by atoms with Gasteiger partial charge in [0, 0.05) is 16.9 Å². The number of ether oxygens (including phenoxy) is 1. The topological polar surface area (TPSA) is 103 Å². The summed E-state index contributed by atoms with van der Waals surface area (Å²) < 4.78 is 34.5. The Bertz CT molecular complexity index is 1210. The monoisotopic (exact) mass is 417 g/mol. The number of hydrogen-bond acceptors (Lipinski definition) is 6. The van der Waals surface area contributed by atoms with Crippen LogP contribution in [0.25, 0.3) is 11.0 Å². The van der Waals surface area contributed by atoms with Gasteiger partial charge in [0.1, 0.15) is 16.9 Å². The lowest BCUT2D eigenvalue weighted by molar-refractivity contribution is -0.120. The van der Waals surface area contributed by atoms with Gasteiger partial charge in [-0.3, -0.25) is 4.79 Å². The van der Waals surface area contributed by atoms with Crippen molar-refractivity contribution in [2.45, 2.75) is 51.7 Å². The van der Waals surface area contributed by atoms with Crippen LogP contribution in [0.3, 0.4) is 0 Å². The number of carbonyl (C=O) groups is 1. The quantitative estimate of drug-likeness (QED) is 0.768. The summed E-state index contributed by atoms with van der Waals surface area (Å²) in [5.74, 6) is 0.137. The zero-order valence-corrected chi connectivity index (χ0v) is 17.4. The normalized spacial score (nSPS) is 21.6. The van der Waals surface area contributed by atoms with Crippen molar-refractivity contribution in [3.05, 3.63) is 50.7 Å². The van der Waals surface area contributed by atoms with Crippen molar-refractivity contribution in [1.82, 2.24) is 5.32 Å². The van der Waals surface area contributed by atoms with E-state index in [2.05, 4.69) is 5.32 Å². The fraction of sp³-hybridized carbons (Fsp3) is 0.429. The average molecular weight is 417 g/mol. The van der Waals surface area contributed by atoms with Crippen LogP contribution in [-0.4, -0.2) is 31.7 Å². The van der Waals surface area contributed by atoms with Crippen LogP contribution in [0.15, 0.2) is 32.8 Å². The van der Waals surface area contributed by atoms with Crippen LogP contribution in [0.2, 0.25) is 0 Å². The van der Waals surface area contributed by atoms with Gasteiger partial charge in [-0.15, -0.1) is 0 Å². The number of aryl methyl sites for hydroxylation is 2. The van der Waals surface area contributed by atoms with Crippen LogP contribution < -0.4 is 15.7 Å². The highest BCUT2D eigenvalue weighted by Gasteiger charge is 2.28. The van der Waals surface area contributed by atoms with E-state index in [-0.39, 0.29) is 23.3 Å². The molecule has 0 aliphatic carbocycles. The molecule has 4 rings (SSSR count). The van der Waals surface area contributed by atoms with Crippen LogP contribution in [0, 0.1) is 6.92 Å². The van der Waals surface area contributed by atoms with Crippen molar-refractivity contribution in [1.29, 1.82) is 0 Å². The average Bonchev–Trinajstić information content (AvgIpc) is 2.95. The summed E-state index contributed by atoms with van der Waals surface area (Å²) in [4.78, 5) is 24.9. The zero-order valence-electron chi connectivity index (χ0n) is 16.6. The van der Waals surface area contributed by atoms with Crippen molar-refractivity contribution in [2.24, 2.45) is 0 Å². The standard InChI is InChI=1S/C21H23NO6S/c1-12-15-8-13-4-6-21(2,3)28-17(13)10-18(15)27-20(24)16(12)9-19(23)22-14-5-7-29(25,26)11-14/h5,7-8,10,14H,4,6,9,11H2,1-3H3,(H,22,23). The molecule has 1 aromatic carbocycles. The van der Waals surface area contributed by atoms with Crippen LogP contribution in [0.4, 0.5) is 0 Å². The molecule has 0 bridgehead atoms. The molecule has 2 aliphatic rings. The van der Waals surface area contributed by atoms with Gasteiger partial charge in [-0.1, -0.05) is 0 Å². The lowest BCUT2D eigenvalue weighted by Gasteiger charge is -2.32. The fourth-order valence-electron chi connectivity index (χ4n) is 3.82. The Morgan fingerprint density at radius 3 is 2.76 bits per heavy atom. The van der Waals surface area contributed by atoms with Gasteiger partial charge >= 0.3 is 5.63 Å². The zero-order chi connectivity index (χ0) is 21.0. The highest BCUT2D eigenvalue weighted by atomic mass is 32.2. The molecular formula is C21H23NO6S. The molecule has 1 amide bonds. The molecule has 0 saturated heterocycles. The lowest BCUT2D eigenvalue weighted by Crippen LogP contribution is -2.37. The van der Waals surface area contributed by atoms with E-state index in [1.54, 1.807) is 13.0 Å². The summed E-state index contributed by atoms with van der Waals surface area (Å²) in [5, 5.41) is 4.51. The Morgan fingerprint density at radius 1 is 1.31 bits per heavy atom. The van der Waals surface area contributed by atoms with Gasteiger partial charge in [-0.2, -0.15) is 0 Å². The Labute approximate surface area is 168 Å². The number of fused-ring (bicyclic) bond motifs is 2. The third-order valence-corrected chi connectivity index (χ3v) is 6.86. The first-order chi connectivity index (χ1) is 13.5. The van der Waals surface area contributed by atoms with E-state index in [1.807, 2.05) is 19.9 Å². The van der Waals surface area contributed by atoms with E-state index in [0.29, 0.717) is 11.1 Å². The molecule has 8 heteroatoms. The largest absolute Gasteiger partial charge is 0.487 e. The first-order valence-electron chi connectivity index (χ1n) is 9.51. The van der Waals surface area contributed by atoms with Crippen molar-refractivity contribution < 1.29 is 22.4 Å². The molecule has 0 saturated carbocycles. The predicted octanol–water partition coefficient (Wildman–Crippen LogP) is 2.17. The van der Waals surface area contributed by atoms with E-state index in [1.165, 1.54) is 6.08 Å². The second-order valence-corrected chi connectivity index (χ2v) is 10.3. The Kier molecular flexibility index (Phi) is 4.57. The van der Waals surface area contributed by atoms with E-state index in [0.717, 1.165) is 34.9 Å². The fourth-order valence-corrected chi connectivity index (χ4v) is 5.06. The van der Waals surface area contributed by atoms with Gasteiger partial charge in [0.2, 0.25) is 5.91 Å².